The van der Waals surface area contributed by atoms with Crippen molar-refractivity contribution < 1.29 is 23.6 Å². The number of nitrogens with zero attached hydrogens (tertiary/aromatic N) is 1. The Morgan fingerprint density at radius 3 is 2.07 bits per heavy atom. The zero-order chi connectivity index (χ0) is 21.0. The molecule has 152 valence electrons. The lowest BCUT2D eigenvalue weighted by Crippen LogP contribution is -2.32. The second kappa shape index (κ2) is 8.77. The minimum atomic E-state index is -0.754. The first-order valence-electron chi connectivity index (χ1n) is 9.52. The van der Waals surface area contributed by atoms with Gasteiger partial charge in [-0.05, 0) is 27.7 Å². The van der Waals surface area contributed by atoms with E-state index in [4.69, 9.17) is 14.0 Å². The van der Waals surface area contributed by atoms with E-state index in [2.05, 4.69) is 10.5 Å². The molecule has 1 aromatic carbocycles. The number of benzene rings is 1. The van der Waals surface area contributed by atoms with Crippen LogP contribution in [-0.2, 0) is 19.1 Å². The molecular formula is C22H24N2O5. The van der Waals surface area contributed by atoms with Gasteiger partial charge in [-0.15, -0.1) is 0 Å². The third-order valence-corrected chi connectivity index (χ3v) is 4.63. The summed E-state index contributed by atoms with van der Waals surface area (Å²) in [6.45, 7) is 7.43. The Hall–Kier alpha value is -3.35. The van der Waals surface area contributed by atoms with Gasteiger partial charge in [0, 0.05) is 23.0 Å². The predicted molar refractivity (Wildman–Crippen MR) is 106 cm³/mol. The summed E-state index contributed by atoms with van der Waals surface area (Å²) < 4.78 is 16.0. The average Bonchev–Trinajstić information content (AvgIpc) is 3.18. The minimum Gasteiger partial charge on any atom is -0.463 e. The Bertz CT molecular complexity index is 932. The Kier molecular flexibility index (Phi) is 6.16. The third kappa shape index (κ3) is 4.08. The fraction of sp³-hybridized carbons (Fsp3) is 0.318. The van der Waals surface area contributed by atoms with Gasteiger partial charge in [0.2, 0.25) is 0 Å². The van der Waals surface area contributed by atoms with E-state index in [0.29, 0.717) is 34.0 Å². The lowest BCUT2D eigenvalue weighted by molar-refractivity contribution is -0.139. The van der Waals surface area contributed by atoms with Gasteiger partial charge in [0.25, 0.3) is 0 Å². The van der Waals surface area contributed by atoms with Gasteiger partial charge in [0.15, 0.2) is 5.76 Å². The molecule has 1 aliphatic rings. The lowest BCUT2D eigenvalue weighted by atomic mass is 9.83. The van der Waals surface area contributed by atoms with E-state index in [0.717, 1.165) is 5.56 Å². The maximum Gasteiger partial charge on any atom is 0.336 e. The quantitative estimate of drug-likeness (QED) is 0.745. The fourth-order valence-corrected chi connectivity index (χ4v) is 3.41. The van der Waals surface area contributed by atoms with Crippen molar-refractivity contribution in [3.63, 3.8) is 0 Å². The first kappa shape index (κ1) is 20.4. The smallest absolute Gasteiger partial charge is 0.336 e. The summed E-state index contributed by atoms with van der Waals surface area (Å²) in [5.41, 5.74) is 3.11. The van der Waals surface area contributed by atoms with Crippen molar-refractivity contribution in [2.45, 2.75) is 33.6 Å². The monoisotopic (exact) mass is 396 g/mol. The van der Waals surface area contributed by atoms with Crippen LogP contribution in [0.15, 0.2) is 63.5 Å². The van der Waals surface area contributed by atoms with Crippen LogP contribution in [0.1, 0.15) is 39.3 Å². The number of carbonyl (C=O) groups is 2. The number of esters is 2. The number of hydrogen-bond acceptors (Lipinski definition) is 7. The SMILES string of the molecule is CCOC(=O)C1=C(C)NC(C)=C(C(=O)OCC)C1c1cc(-c2ccccc2)on1. The van der Waals surface area contributed by atoms with E-state index in [1.54, 1.807) is 33.8 Å². The second-order valence-electron chi connectivity index (χ2n) is 6.56. The van der Waals surface area contributed by atoms with E-state index < -0.39 is 17.9 Å². The summed E-state index contributed by atoms with van der Waals surface area (Å²) in [5.74, 6) is -1.24. The Morgan fingerprint density at radius 1 is 1.00 bits per heavy atom. The topological polar surface area (TPSA) is 90.7 Å². The molecule has 0 unspecified atom stereocenters. The van der Waals surface area contributed by atoms with E-state index in [1.165, 1.54) is 0 Å². The van der Waals surface area contributed by atoms with Crippen LogP contribution in [0.3, 0.4) is 0 Å². The highest BCUT2D eigenvalue weighted by atomic mass is 16.5. The van der Waals surface area contributed by atoms with E-state index in [1.807, 2.05) is 30.3 Å². The maximum atomic E-state index is 12.7. The van der Waals surface area contributed by atoms with Crippen LogP contribution in [0.4, 0.5) is 0 Å². The number of nitrogens with one attached hydrogen (secondary N) is 1. The van der Waals surface area contributed by atoms with Gasteiger partial charge in [-0.3, -0.25) is 0 Å². The summed E-state index contributed by atoms with van der Waals surface area (Å²) in [6.07, 6.45) is 0. The summed E-state index contributed by atoms with van der Waals surface area (Å²) >= 11 is 0. The van der Waals surface area contributed by atoms with Crippen molar-refractivity contribution in [3.8, 4) is 11.3 Å². The molecule has 7 nitrogen and oxygen atoms in total. The highest BCUT2D eigenvalue weighted by Gasteiger charge is 2.39. The van der Waals surface area contributed by atoms with Gasteiger partial charge in [-0.25, -0.2) is 9.59 Å². The zero-order valence-electron chi connectivity index (χ0n) is 16.9. The number of allylic oxidation sites excluding steroid dienone is 2. The third-order valence-electron chi connectivity index (χ3n) is 4.63. The van der Waals surface area contributed by atoms with Crippen LogP contribution in [0, 0.1) is 0 Å². The molecule has 3 rings (SSSR count). The van der Waals surface area contributed by atoms with Gasteiger partial charge in [0.1, 0.15) is 0 Å². The van der Waals surface area contributed by atoms with Crippen molar-refractivity contribution in [2.24, 2.45) is 0 Å². The zero-order valence-corrected chi connectivity index (χ0v) is 16.9. The highest BCUT2D eigenvalue weighted by Crippen LogP contribution is 2.39. The minimum absolute atomic E-state index is 0.216. The Morgan fingerprint density at radius 2 is 1.55 bits per heavy atom. The summed E-state index contributed by atoms with van der Waals surface area (Å²) in [7, 11) is 0. The van der Waals surface area contributed by atoms with Crippen LogP contribution in [0.5, 0.6) is 0 Å². The largest absolute Gasteiger partial charge is 0.463 e. The summed E-state index contributed by atoms with van der Waals surface area (Å²) in [5, 5.41) is 7.28. The van der Waals surface area contributed by atoms with E-state index in [9.17, 15) is 9.59 Å². The molecule has 1 aromatic heterocycles. The normalized spacial score (nSPS) is 14.6. The molecule has 1 N–H and O–H groups in total. The van der Waals surface area contributed by atoms with Gasteiger partial charge in [-0.2, -0.15) is 0 Å². The first-order chi connectivity index (χ1) is 14.0. The van der Waals surface area contributed by atoms with Crippen molar-refractivity contribution in [3.05, 3.63) is 64.6 Å². The molecule has 0 spiro atoms. The summed E-state index contributed by atoms with van der Waals surface area (Å²) in [6, 6.07) is 11.2. The molecule has 0 amide bonds. The van der Waals surface area contributed by atoms with Crippen LogP contribution < -0.4 is 5.32 Å². The summed E-state index contributed by atoms with van der Waals surface area (Å²) in [4.78, 5) is 25.5. The van der Waals surface area contributed by atoms with Gasteiger partial charge < -0.3 is 19.3 Å². The molecule has 0 bridgehead atoms. The fourth-order valence-electron chi connectivity index (χ4n) is 3.41. The first-order valence-corrected chi connectivity index (χ1v) is 9.52. The molecular weight excluding hydrogens is 372 g/mol. The molecule has 7 heteroatoms. The van der Waals surface area contributed by atoms with Crippen molar-refractivity contribution in [1.82, 2.24) is 10.5 Å². The lowest BCUT2D eigenvalue weighted by Gasteiger charge is -2.28. The van der Waals surface area contributed by atoms with Crippen LogP contribution in [0.2, 0.25) is 0 Å². The number of ether oxygens (including phenoxy) is 2. The number of dihydropyridines is 1. The molecule has 0 saturated carbocycles. The molecule has 0 radical (unpaired) electrons. The number of aromatic nitrogens is 1. The molecule has 2 heterocycles. The maximum absolute atomic E-state index is 12.7. The van der Waals surface area contributed by atoms with Crippen molar-refractivity contribution >= 4 is 11.9 Å². The average molecular weight is 396 g/mol. The number of hydrogen-bond donors (Lipinski definition) is 1. The van der Waals surface area contributed by atoms with Crippen LogP contribution in [0.25, 0.3) is 11.3 Å². The molecule has 0 atom stereocenters. The standard InChI is InChI=1S/C22H24N2O5/c1-5-27-21(25)18-13(3)23-14(4)19(22(26)28-6-2)20(18)16-12-17(29-24-16)15-10-8-7-9-11-15/h7-12,20,23H,5-6H2,1-4H3. The van der Waals surface area contributed by atoms with Gasteiger partial charge >= 0.3 is 11.9 Å². The molecule has 0 saturated heterocycles. The molecule has 2 aromatic rings. The van der Waals surface area contributed by atoms with Crippen LogP contribution in [-0.4, -0.2) is 30.3 Å². The second-order valence-corrected chi connectivity index (χ2v) is 6.56. The van der Waals surface area contributed by atoms with E-state index in [-0.39, 0.29) is 13.2 Å². The molecule has 29 heavy (non-hydrogen) atoms. The number of carbonyl (C=O) groups excluding carboxylic acids is 2. The highest BCUT2D eigenvalue weighted by molar-refractivity contribution is 5.99. The van der Waals surface area contributed by atoms with E-state index >= 15 is 0 Å². The Balaban J connectivity index is 2.12. The molecule has 0 fully saturated rings. The number of rotatable bonds is 6. The molecule has 0 aliphatic carbocycles. The van der Waals surface area contributed by atoms with Crippen molar-refractivity contribution in [1.29, 1.82) is 0 Å². The van der Waals surface area contributed by atoms with Gasteiger partial charge in [-0.1, -0.05) is 35.5 Å². The predicted octanol–water partition coefficient (Wildman–Crippen LogP) is 3.70. The Labute approximate surface area is 169 Å². The molecule has 1 aliphatic heterocycles. The van der Waals surface area contributed by atoms with Crippen LogP contribution >= 0.6 is 0 Å². The van der Waals surface area contributed by atoms with Crippen molar-refractivity contribution in [2.75, 3.05) is 13.2 Å². The van der Waals surface area contributed by atoms with Gasteiger partial charge in [0.05, 0.1) is 36.0 Å².